The second-order valence-corrected chi connectivity index (χ2v) is 4.65. The number of rotatable bonds is 1. The Balaban J connectivity index is 2.22. The standard InChI is InChI=1S/C14H12F2N2O/c15-14(16)7-8-3-1-4-9(11(8)12(14)19)10-5-2-6-18-13(10)17/h1-6,12,19H,7H2,(H2,17,18). The van der Waals surface area contributed by atoms with Crippen molar-refractivity contribution >= 4 is 5.82 Å². The van der Waals surface area contributed by atoms with E-state index >= 15 is 0 Å². The minimum Gasteiger partial charge on any atom is -0.383 e. The van der Waals surface area contributed by atoms with Crippen LogP contribution in [0.15, 0.2) is 36.5 Å². The van der Waals surface area contributed by atoms with Crippen molar-refractivity contribution in [1.82, 2.24) is 4.98 Å². The molecule has 3 N–H and O–H groups in total. The van der Waals surface area contributed by atoms with E-state index in [0.29, 0.717) is 16.7 Å². The zero-order valence-corrected chi connectivity index (χ0v) is 9.98. The van der Waals surface area contributed by atoms with Crippen molar-refractivity contribution in [2.24, 2.45) is 0 Å². The van der Waals surface area contributed by atoms with E-state index in [-0.39, 0.29) is 11.4 Å². The summed E-state index contributed by atoms with van der Waals surface area (Å²) in [7, 11) is 0. The molecule has 0 fully saturated rings. The van der Waals surface area contributed by atoms with Crippen LogP contribution in [0.25, 0.3) is 11.1 Å². The number of hydrogen-bond donors (Lipinski definition) is 2. The first-order valence-electron chi connectivity index (χ1n) is 5.89. The monoisotopic (exact) mass is 262 g/mol. The van der Waals surface area contributed by atoms with Crippen LogP contribution in [0.2, 0.25) is 0 Å². The van der Waals surface area contributed by atoms with Gasteiger partial charge in [0.15, 0.2) is 0 Å². The smallest absolute Gasteiger partial charge is 0.281 e. The van der Waals surface area contributed by atoms with Gasteiger partial charge in [0.2, 0.25) is 0 Å². The van der Waals surface area contributed by atoms with E-state index in [2.05, 4.69) is 4.98 Å². The zero-order valence-electron chi connectivity index (χ0n) is 9.98. The van der Waals surface area contributed by atoms with Gasteiger partial charge >= 0.3 is 0 Å². The Morgan fingerprint density at radius 1 is 1.21 bits per heavy atom. The number of aliphatic hydroxyl groups is 1. The largest absolute Gasteiger partial charge is 0.383 e. The van der Waals surface area contributed by atoms with Crippen molar-refractivity contribution in [3.63, 3.8) is 0 Å². The minimum absolute atomic E-state index is 0.257. The van der Waals surface area contributed by atoms with Crippen molar-refractivity contribution in [3.05, 3.63) is 47.7 Å². The number of pyridine rings is 1. The lowest BCUT2D eigenvalue weighted by atomic mass is 9.96. The van der Waals surface area contributed by atoms with Crippen LogP contribution < -0.4 is 5.73 Å². The highest BCUT2D eigenvalue weighted by Crippen LogP contribution is 2.47. The average molecular weight is 262 g/mol. The van der Waals surface area contributed by atoms with Crippen molar-refractivity contribution in [3.8, 4) is 11.1 Å². The van der Waals surface area contributed by atoms with E-state index in [4.69, 9.17) is 5.73 Å². The summed E-state index contributed by atoms with van der Waals surface area (Å²) in [4.78, 5) is 3.95. The van der Waals surface area contributed by atoms with Crippen LogP contribution in [-0.2, 0) is 6.42 Å². The Hall–Kier alpha value is -2.01. The molecule has 1 aromatic heterocycles. The number of fused-ring (bicyclic) bond motifs is 1. The number of hydrogen-bond acceptors (Lipinski definition) is 3. The van der Waals surface area contributed by atoms with Gasteiger partial charge in [-0.15, -0.1) is 0 Å². The number of alkyl halides is 2. The second-order valence-electron chi connectivity index (χ2n) is 4.65. The zero-order chi connectivity index (χ0) is 13.6. The molecule has 1 heterocycles. The van der Waals surface area contributed by atoms with Crippen molar-refractivity contribution < 1.29 is 13.9 Å². The van der Waals surface area contributed by atoms with Crippen molar-refractivity contribution in [1.29, 1.82) is 0 Å². The summed E-state index contributed by atoms with van der Waals surface area (Å²) in [6, 6.07) is 8.37. The third-order valence-corrected chi connectivity index (χ3v) is 3.42. The molecule has 19 heavy (non-hydrogen) atoms. The van der Waals surface area contributed by atoms with Gasteiger partial charge in [-0.3, -0.25) is 0 Å². The average Bonchev–Trinajstić information content (AvgIpc) is 2.61. The lowest BCUT2D eigenvalue weighted by Gasteiger charge is -2.16. The Morgan fingerprint density at radius 2 is 1.95 bits per heavy atom. The highest BCUT2D eigenvalue weighted by molar-refractivity contribution is 5.78. The third-order valence-electron chi connectivity index (χ3n) is 3.42. The van der Waals surface area contributed by atoms with Crippen LogP contribution in [0, 0.1) is 0 Å². The van der Waals surface area contributed by atoms with Gasteiger partial charge in [-0.05, 0) is 28.8 Å². The number of nitrogens with two attached hydrogens (primary N) is 1. The summed E-state index contributed by atoms with van der Waals surface area (Å²) in [6.45, 7) is 0. The normalized spacial score (nSPS) is 20.3. The molecule has 1 unspecified atom stereocenters. The maximum Gasteiger partial charge on any atom is 0.281 e. The van der Waals surface area contributed by atoms with Crippen LogP contribution in [0.3, 0.4) is 0 Å². The van der Waals surface area contributed by atoms with Gasteiger partial charge in [0.25, 0.3) is 5.92 Å². The molecule has 0 saturated carbocycles. The molecule has 1 aliphatic carbocycles. The van der Waals surface area contributed by atoms with Crippen LogP contribution in [0.1, 0.15) is 17.2 Å². The molecular formula is C14H12F2N2O. The summed E-state index contributed by atoms with van der Waals surface area (Å²) >= 11 is 0. The molecule has 0 radical (unpaired) electrons. The fourth-order valence-electron chi connectivity index (χ4n) is 2.53. The summed E-state index contributed by atoms with van der Waals surface area (Å²) < 4.78 is 27.3. The lowest BCUT2D eigenvalue weighted by Crippen LogP contribution is -2.21. The van der Waals surface area contributed by atoms with E-state index in [1.54, 1.807) is 30.3 Å². The highest BCUT2D eigenvalue weighted by atomic mass is 19.3. The highest BCUT2D eigenvalue weighted by Gasteiger charge is 2.47. The van der Waals surface area contributed by atoms with Gasteiger partial charge in [-0.1, -0.05) is 18.2 Å². The summed E-state index contributed by atoms with van der Waals surface area (Å²) in [5, 5.41) is 9.83. The predicted octanol–water partition coefficient (Wildman–Crippen LogP) is 2.56. The van der Waals surface area contributed by atoms with Gasteiger partial charge in [-0.25, -0.2) is 13.8 Å². The summed E-state index contributed by atoms with van der Waals surface area (Å²) in [5.41, 5.74) is 7.58. The second kappa shape index (κ2) is 3.99. The molecule has 1 aromatic carbocycles. The number of aliphatic hydroxyl groups excluding tert-OH is 1. The molecule has 3 nitrogen and oxygen atoms in total. The maximum atomic E-state index is 13.6. The van der Waals surface area contributed by atoms with Crippen molar-refractivity contribution in [2.45, 2.75) is 18.4 Å². The van der Waals surface area contributed by atoms with Crippen molar-refractivity contribution in [2.75, 3.05) is 5.73 Å². The van der Waals surface area contributed by atoms with Gasteiger partial charge in [0.1, 0.15) is 11.9 Å². The van der Waals surface area contributed by atoms with E-state index in [0.717, 1.165) is 0 Å². The quantitative estimate of drug-likeness (QED) is 0.830. The summed E-state index contributed by atoms with van der Waals surface area (Å²) in [5.74, 6) is -2.87. The number of nitrogens with zero attached hydrogens (tertiary/aromatic N) is 1. The Bertz CT molecular complexity index is 643. The lowest BCUT2D eigenvalue weighted by molar-refractivity contribution is -0.0966. The SMILES string of the molecule is Nc1ncccc1-c1cccc2c1C(O)C(F)(F)C2. The molecule has 0 aliphatic heterocycles. The molecule has 2 aromatic rings. The molecule has 1 aliphatic rings. The van der Waals surface area contributed by atoms with Gasteiger partial charge in [0.05, 0.1) is 0 Å². The van der Waals surface area contributed by atoms with Crippen LogP contribution in [0.4, 0.5) is 14.6 Å². The molecule has 0 saturated heterocycles. The van der Waals surface area contributed by atoms with Gasteiger partial charge in [0, 0.05) is 18.2 Å². The summed E-state index contributed by atoms with van der Waals surface area (Å²) in [6.07, 6.45) is -0.705. The predicted molar refractivity (Wildman–Crippen MR) is 67.7 cm³/mol. The molecule has 98 valence electrons. The molecule has 1 atom stereocenters. The first-order chi connectivity index (χ1) is 9.00. The van der Waals surface area contributed by atoms with Gasteiger partial charge in [-0.2, -0.15) is 0 Å². The molecule has 5 heteroatoms. The maximum absolute atomic E-state index is 13.6. The number of anilines is 1. The fraction of sp³-hybridized carbons (Fsp3) is 0.214. The molecule has 0 spiro atoms. The van der Waals surface area contributed by atoms with Gasteiger partial charge < -0.3 is 10.8 Å². The van der Waals surface area contributed by atoms with E-state index in [1.807, 2.05) is 0 Å². The number of nitrogen functional groups attached to an aromatic ring is 1. The fourth-order valence-corrected chi connectivity index (χ4v) is 2.53. The Morgan fingerprint density at radius 3 is 2.68 bits per heavy atom. The Labute approximate surface area is 108 Å². The molecule has 0 amide bonds. The number of benzene rings is 1. The van der Waals surface area contributed by atoms with Crippen LogP contribution in [0.5, 0.6) is 0 Å². The topological polar surface area (TPSA) is 59.1 Å². The van der Waals surface area contributed by atoms with Crippen LogP contribution >= 0.6 is 0 Å². The number of halogens is 2. The Kier molecular flexibility index (Phi) is 2.53. The molecule has 3 rings (SSSR count). The molecular weight excluding hydrogens is 250 g/mol. The first kappa shape index (κ1) is 12.0. The van der Waals surface area contributed by atoms with E-state index < -0.39 is 18.4 Å². The molecule has 0 bridgehead atoms. The first-order valence-corrected chi connectivity index (χ1v) is 5.89. The number of aromatic nitrogens is 1. The van der Waals surface area contributed by atoms with Crippen LogP contribution in [-0.4, -0.2) is 16.0 Å². The van der Waals surface area contributed by atoms with E-state index in [9.17, 15) is 13.9 Å². The third kappa shape index (κ3) is 1.77. The van der Waals surface area contributed by atoms with E-state index in [1.165, 1.54) is 6.20 Å². The minimum atomic E-state index is -3.13.